The lowest BCUT2D eigenvalue weighted by molar-refractivity contribution is -0.130. The maximum absolute atomic E-state index is 11.5. The van der Waals surface area contributed by atoms with E-state index in [-0.39, 0.29) is 5.91 Å². The molecule has 1 fully saturated rings. The largest absolute Gasteiger partial charge is 0.342 e. The Morgan fingerprint density at radius 2 is 2.14 bits per heavy atom. The van der Waals surface area contributed by atoms with Crippen molar-refractivity contribution in [2.24, 2.45) is 0 Å². The van der Waals surface area contributed by atoms with Crippen LogP contribution in [0.25, 0.3) is 0 Å². The molecule has 0 spiro atoms. The van der Waals surface area contributed by atoms with Crippen LogP contribution in [-0.4, -0.2) is 34.1 Å². The molecule has 2 aromatic rings. The fraction of sp³-hybridized carbons (Fsp3) is 0.438. The molecule has 0 aliphatic carbocycles. The highest BCUT2D eigenvalue weighted by molar-refractivity contribution is 7.11. The second-order valence-corrected chi connectivity index (χ2v) is 6.59. The van der Waals surface area contributed by atoms with Gasteiger partial charge in [0.1, 0.15) is 10.0 Å². The van der Waals surface area contributed by atoms with Gasteiger partial charge in [0.2, 0.25) is 5.91 Å². The standard InChI is InChI=1S/C16H19N3OS/c1-12(20)19-9-5-8-14(11-19)16-18-17-15(21-16)10-13-6-3-2-4-7-13/h2-4,6-7,14H,5,8-11H2,1H3/t14-/m1/s1. The quantitative estimate of drug-likeness (QED) is 0.875. The van der Waals surface area contributed by atoms with E-state index in [1.165, 1.54) is 5.56 Å². The molecular weight excluding hydrogens is 282 g/mol. The molecule has 1 aliphatic rings. The summed E-state index contributed by atoms with van der Waals surface area (Å²) < 4.78 is 0. The number of benzene rings is 1. The summed E-state index contributed by atoms with van der Waals surface area (Å²) >= 11 is 1.69. The average molecular weight is 301 g/mol. The Hall–Kier alpha value is -1.75. The third kappa shape index (κ3) is 3.47. The summed E-state index contributed by atoms with van der Waals surface area (Å²) in [7, 11) is 0. The van der Waals surface area contributed by atoms with E-state index in [0.717, 1.165) is 42.4 Å². The van der Waals surface area contributed by atoms with Crippen LogP contribution in [-0.2, 0) is 11.2 Å². The molecule has 3 rings (SSSR count). The fourth-order valence-corrected chi connectivity index (χ4v) is 3.74. The lowest BCUT2D eigenvalue weighted by atomic mass is 9.99. The minimum absolute atomic E-state index is 0.161. The number of aromatic nitrogens is 2. The van der Waals surface area contributed by atoms with Crippen LogP contribution >= 0.6 is 11.3 Å². The first-order chi connectivity index (χ1) is 10.2. The third-order valence-corrected chi connectivity index (χ3v) is 4.98. The SMILES string of the molecule is CC(=O)N1CCC[C@@H](c2nnc(Cc3ccccc3)s2)C1. The molecule has 1 aromatic heterocycles. The minimum Gasteiger partial charge on any atom is -0.342 e. The number of likely N-dealkylation sites (tertiary alicyclic amines) is 1. The van der Waals surface area contributed by atoms with Crippen LogP contribution in [0.4, 0.5) is 0 Å². The maximum Gasteiger partial charge on any atom is 0.219 e. The highest BCUT2D eigenvalue weighted by Gasteiger charge is 2.25. The number of rotatable bonds is 3. The molecule has 21 heavy (non-hydrogen) atoms. The Morgan fingerprint density at radius 1 is 1.33 bits per heavy atom. The molecule has 0 bridgehead atoms. The molecule has 110 valence electrons. The lowest BCUT2D eigenvalue weighted by Crippen LogP contribution is -2.37. The summed E-state index contributed by atoms with van der Waals surface area (Å²) in [5, 5.41) is 10.8. The Bertz CT molecular complexity index is 611. The van der Waals surface area contributed by atoms with Crippen molar-refractivity contribution in [1.29, 1.82) is 0 Å². The molecule has 1 saturated heterocycles. The normalized spacial score (nSPS) is 18.7. The zero-order valence-corrected chi connectivity index (χ0v) is 13.0. The van der Waals surface area contributed by atoms with Gasteiger partial charge in [0, 0.05) is 32.4 Å². The van der Waals surface area contributed by atoms with Gasteiger partial charge in [-0.1, -0.05) is 30.3 Å². The van der Waals surface area contributed by atoms with Crippen molar-refractivity contribution in [1.82, 2.24) is 15.1 Å². The second kappa shape index (κ2) is 6.35. The van der Waals surface area contributed by atoms with Crippen molar-refractivity contribution in [3.8, 4) is 0 Å². The molecule has 0 N–H and O–H groups in total. The van der Waals surface area contributed by atoms with Gasteiger partial charge in [0.15, 0.2) is 0 Å². The van der Waals surface area contributed by atoms with Gasteiger partial charge in [-0.05, 0) is 18.4 Å². The van der Waals surface area contributed by atoms with Crippen molar-refractivity contribution in [2.45, 2.75) is 32.1 Å². The number of amides is 1. The van der Waals surface area contributed by atoms with E-state index >= 15 is 0 Å². The summed E-state index contributed by atoms with van der Waals surface area (Å²) in [4.78, 5) is 13.4. The highest BCUT2D eigenvalue weighted by Crippen LogP contribution is 2.29. The van der Waals surface area contributed by atoms with Crippen LogP contribution in [0.15, 0.2) is 30.3 Å². The zero-order chi connectivity index (χ0) is 14.7. The Balaban J connectivity index is 1.68. The molecule has 1 amide bonds. The number of carbonyl (C=O) groups is 1. The summed E-state index contributed by atoms with van der Waals surface area (Å²) in [5.41, 5.74) is 1.26. The lowest BCUT2D eigenvalue weighted by Gasteiger charge is -2.30. The van der Waals surface area contributed by atoms with Crippen molar-refractivity contribution >= 4 is 17.2 Å². The van der Waals surface area contributed by atoms with Crippen LogP contribution in [0.3, 0.4) is 0 Å². The monoisotopic (exact) mass is 301 g/mol. The molecular formula is C16H19N3OS. The van der Waals surface area contributed by atoms with Crippen molar-refractivity contribution in [3.05, 3.63) is 45.9 Å². The molecule has 2 heterocycles. The van der Waals surface area contributed by atoms with Gasteiger partial charge in [-0.15, -0.1) is 21.5 Å². The minimum atomic E-state index is 0.161. The molecule has 1 aliphatic heterocycles. The smallest absolute Gasteiger partial charge is 0.219 e. The van der Waals surface area contributed by atoms with Gasteiger partial charge in [-0.25, -0.2) is 0 Å². The van der Waals surface area contributed by atoms with Crippen LogP contribution < -0.4 is 0 Å². The second-order valence-electron chi connectivity index (χ2n) is 5.50. The number of hydrogen-bond donors (Lipinski definition) is 0. The molecule has 4 nitrogen and oxygen atoms in total. The van der Waals surface area contributed by atoms with E-state index in [2.05, 4.69) is 22.3 Å². The summed E-state index contributed by atoms with van der Waals surface area (Å²) in [6.07, 6.45) is 2.99. The fourth-order valence-electron chi connectivity index (χ4n) is 2.74. The van der Waals surface area contributed by atoms with Crippen molar-refractivity contribution in [2.75, 3.05) is 13.1 Å². The van der Waals surface area contributed by atoms with Crippen molar-refractivity contribution in [3.63, 3.8) is 0 Å². The van der Waals surface area contributed by atoms with E-state index in [1.54, 1.807) is 18.3 Å². The summed E-state index contributed by atoms with van der Waals surface area (Å²) in [5.74, 6) is 0.512. The van der Waals surface area contributed by atoms with Crippen LogP contribution in [0.1, 0.15) is 41.3 Å². The summed E-state index contributed by atoms with van der Waals surface area (Å²) in [6.45, 7) is 3.31. The van der Waals surface area contributed by atoms with Gasteiger partial charge in [-0.3, -0.25) is 4.79 Å². The van der Waals surface area contributed by atoms with Crippen LogP contribution in [0, 0.1) is 0 Å². The number of hydrogen-bond acceptors (Lipinski definition) is 4. The highest BCUT2D eigenvalue weighted by atomic mass is 32.1. The van der Waals surface area contributed by atoms with Crippen molar-refractivity contribution < 1.29 is 4.79 Å². The first-order valence-electron chi connectivity index (χ1n) is 7.34. The van der Waals surface area contributed by atoms with Gasteiger partial charge >= 0.3 is 0 Å². The predicted octanol–water partition coefficient (Wildman–Crippen LogP) is 2.85. The van der Waals surface area contributed by atoms with Gasteiger partial charge in [0.05, 0.1) is 0 Å². The molecule has 0 saturated carbocycles. The first kappa shape index (κ1) is 14.2. The van der Waals surface area contributed by atoms with Gasteiger partial charge in [0.25, 0.3) is 0 Å². The predicted molar refractivity (Wildman–Crippen MR) is 83.4 cm³/mol. The molecule has 1 aromatic carbocycles. The third-order valence-electron chi connectivity index (χ3n) is 3.90. The first-order valence-corrected chi connectivity index (χ1v) is 8.16. The van der Waals surface area contributed by atoms with E-state index in [0.29, 0.717) is 5.92 Å². The summed E-state index contributed by atoms with van der Waals surface area (Å²) in [6, 6.07) is 10.3. The number of carbonyl (C=O) groups excluding carboxylic acids is 1. The maximum atomic E-state index is 11.5. The Morgan fingerprint density at radius 3 is 2.90 bits per heavy atom. The van der Waals surface area contributed by atoms with E-state index in [4.69, 9.17) is 0 Å². The molecule has 5 heteroatoms. The molecule has 0 radical (unpaired) electrons. The average Bonchev–Trinajstić information content (AvgIpc) is 2.97. The number of nitrogens with zero attached hydrogens (tertiary/aromatic N) is 3. The zero-order valence-electron chi connectivity index (χ0n) is 12.2. The molecule has 0 unspecified atom stereocenters. The van der Waals surface area contributed by atoms with E-state index in [1.807, 2.05) is 23.1 Å². The number of piperidine rings is 1. The Labute approximate surface area is 128 Å². The van der Waals surface area contributed by atoms with Gasteiger partial charge in [-0.2, -0.15) is 0 Å². The van der Waals surface area contributed by atoms with E-state index < -0.39 is 0 Å². The van der Waals surface area contributed by atoms with Gasteiger partial charge < -0.3 is 4.90 Å². The molecule has 1 atom stereocenters. The van der Waals surface area contributed by atoms with Crippen LogP contribution in [0.2, 0.25) is 0 Å². The van der Waals surface area contributed by atoms with Crippen LogP contribution in [0.5, 0.6) is 0 Å². The Kier molecular flexibility index (Phi) is 4.29. The van der Waals surface area contributed by atoms with E-state index in [9.17, 15) is 4.79 Å². The topological polar surface area (TPSA) is 46.1 Å².